The van der Waals surface area contributed by atoms with Crippen molar-refractivity contribution in [1.82, 2.24) is 15.5 Å². The molecule has 4 atom stereocenters. The van der Waals surface area contributed by atoms with E-state index < -0.39 is 0 Å². The molecule has 2 amide bonds. The van der Waals surface area contributed by atoms with Gasteiger partial charge in [0.2, 0.25) is 11.8 Å². The lowest BCUT2D eigenvalue weighted by Gasteiger charge is -2.44. The molecule has 4 unspecified atom stereocenters. The summed E-state index contributed by atoms with van der Waals surface area (Å²) in [4.78, 5) is 26.7. The summed E-state index contributed by atoms with van der Waals surface area (Å²) >= 11 is 0. The van der Waals surface area contributed by atoms with Gasteiger partial charge >= 0.3 is 0 Å². The Morgan fingerprint density at radius 2 is 1.82 bits per heavy atom. The Labute approximate surface area is 132 Å². The minimum Gasteiger partial charge on any atom is -0.350 e. The predicted molar refractivity (Wildman–Crippen MR) is 83.2 cm³/mol. The van der Waals surface area contributed by atoms with E-state index in [2.05, 4.69) is 10.6 Å². The van der Waals surface area contributed by atoms with Gasteiger partial charge in [-0.1, -0.05) is 12.8 Å². The van der Waals surface area contributed by atoms with Crippen LogP contribution in [-0.2, 0) is 9.59 Å². The maximum atomic E-state index is 12.8. The van der Waals surface area contributed by atoms with Gasteiger partial charge in [0, 0.05) is 24.5 Å². The molecule has 4 fully saturated rings. The zero-order valence-corrected chi connectivity index (χ0v) is 13.2. The van der Waals surface area contributed by atoms with Crippen molar-refractivity contribution in [2.45, 2.75) is 82.0 Å². The highest BCUT2D eigenvalue weighted by molar-refractivity contribution is 5.86. The van der Waals surface area contributed by atoms with Gasteiger partial charge in [0.1, 0.15) is 0 Å². The first-order valence-corrected chi connectivity index (χ1v) is 9.04. The predicted octanol–water partition coefficient (Wildman–Crippen LogP) is 1.18. The topological polar surface area (TPSA) is 61.4 Å². The Bertz CT molecular complexity index is 455. The summed E-state index contributed by atoms with van der Waals surface area (Å²) in [7, 11) is 0. The van der Waals surface area contributed by atoms with E-state index in [1.54, 1.807) is 0 Å². The summed E-state index contributed by atoms with van der Waals surface area (Å²) in [5.74, 6) is 0.762. The van der Waals surface area contributed by atoms with Crippen LogP contribution in [0.5, 0.6) is 0 Å². The van der Waals surface area contributed by atoms with Crippen molar-refractivity contribution in [3.63, 3.8) is 0 Å². The van der Waals surface area contributed by atoms with E-state index in [1.165, 1.54) is 25.7 Å². The molecule has 5 nitrogen and oxygen atoms in total. The maximum Gasteiger partial charge on any atom is 0.239 e. The smallest absolute Gasteiger partial charge is 0.239 e. The molecule has 3 heterocycles. The highest BCUT2D eigenvalue weighted by Crippen LogP contribution is 2.34. The lowest BCUT2D eigenvalue weighted by Crippen LogP contribution is -2.63. The molecule has 0 aromatic carbocycles. The van der Waals surface area contributed by atoms with Gasteiger partial charge in [-0.2, -0.15) is 0 Å². The molecule has 4 aliphatic rings. The van der Waals surface area contributed by atoms with Crippen molar-refractivity contribution in [2.75, 3.05) is 6.54 Å². The number of piperazine rings is 1. The first-order chi connectivity index (χ1) is 10.7. The van der Waals surface area contributed by atoms with Gasteiger partial charge in [0.05, 0.1) is 12.6 Å². The monoisotopic (exact) mass is 305 g/mol. The van der Waals surface area contributed by atoms with Crippen molar-refractivity contribution in [3.05, 3.63) is 0 Å². The largest absolute Gasteiger partial charge is 0.350 e. The van der Waals surface area contributed by atoms with E-state index in [1.807, 2.05) is 4.90 Å². The highest BCUT2D eigenvalue weighted by atomic mass is 16.2. The SMILES string of the molecule is O=C1CN(C(=O)CC2CC3CCC(C2)N3)C2CCCCC2N1. The first-order valence-electron chi connectivity index (χ1n) is 9.04. The van der Waals surface area contributed by atoms with E-state index in [-0.39, 0.29) is 30.4 Å². The molecule has 0 aromatic heterocycles. The molecule has 0 radical (unpaired) electrons. The minimum atomic E-state index is 0.0295. The number of piperidine rings is 1. The average Bonchev–Trinajstić information content (AvgIpc) is 2.85. The molecule has 22 heavy (non-hydrogen) atoms. The Balaban J connectivity index is 1.41. The number of amides is 2. The van der Waals surface area contributed by atoms with Crippen molar-refractivity contribution in [3.8, 4) is 0 Å². The lowest BCUT2D eigenvalue weighted by atomic mass is 9.85. The number of fused-ring (bicyclic) bond motifs is 3. The van der Waals surface area contributed by atoms with Gasteiger partial charge in [0.15, 0.2) is 0 Å². The van der Waals surface area contributed by atoms with Crippen LogP contribution in [0.3, 0.4) is 0 Å². The van der Waals surface area contributed by atoms with Crippen molar-refractivity contribution >= 4 is 11.8 Å². The molecule has 2 N–H and O–H groups in total. The summed E-state index contributed by atoms with van der Waals surface area (Å²) in [6.07, 6.45) is 9.88. The zero-order chi connectivity index (χ0) is 15.1. The van der Waals surface area contributed by atoms with Crippen LogP contribution in [0.15, 0.2) is 0 Å². The number of nitrogens with one attached hydrogen (secondary N) is 2. The maximum absolute atomic E-state index is 12.8. The molecular weight excluding hydrogens is 278 g/mol. The Hall–Kier alpha value is -1.10. The molecule has 3 saturated heterocycles. The fourth-order valence-corrected chi connectivity index (χ4v) is 5.16. The highest BCUT2D eigenvalue weighted by Gasteiger charge is 2.40. The normalized spacial score (nSPS) is 41.0. The molecule has 1 aliphatic carbocycles. The Morgan fingerprint density at radius 3 is 2.59 bits per heavy atom. The fourth-order valence-electron chi connectivity index (χ4n) is 5.16. The van der Waals surface area contributed by atoms with Crippen LogP contribution < -0.4 is 10.6 Å². The average molecular weight is 305 g/mol. The standard InChI is InChI=1S/C17H27N3O2/c21-16-10-20(15-4-2-1-3-14(15)19-16)17(22)9-11-7-12-5-6-13(8-11)18-12/h11-15,18H,1-10H2,(H,19,21). The van der Waals surface area contributed by atoms with Crippen LogP contribution in [0.2, 0.25) is 0 Å². The van der Waals surface area contributed by atoms with Gasteiger partial charge in [-0.3, -0.25) is 9.59 Å². The van der Waals surface area contributed by atoms with Crippen LogP contribution in [0.1, 0.15) is 57.8 Å². The fraction of sp³-hybridized carbons (Fsp3) is 0.882. The van der Waals surface area contributed by atoms with Gasteiger partial charge in [-0.25, -0.2) is 0 Å². The van der Waals surface area contributed by atoms with E-state index in [0.29, 0.717) is 24.4 Å². The number of hydrogen-bond acceptors (Lipinski definition) is 3. The molecule has 122 valence electrons. The second-order valence-electron chi connectivity index (χ2n) is 7.73. The first kappa shape index (κ1) is 14.5. The summed E-state index contributed by atoms with van der Waals surface area (Å²) in [5.41, 5.74) is 0. The van der Waals surface area contributed by atoms with Crippen molar-refractivity contribution in [1.29, 1.82) is 0 Å². The van der Waals surface area contributed by atoms with Crippen LogP contribution in [-0.4, -0.2) is 47.4 Å². The summed E-state index contributed by atoms with van der Waals surface area (Å²) in [6, 6.07) is 1.70. The minimum absolute atomic E-state index is 0.0295. The molecule has 5 heteroatoms. The van der Waals surface area contributed by atoms with E-state index in [0.717, 1.165) is 25.7 Å². The van der Waals surface area contributed by atoms with E-state index >= 15 is 0 Å². The molecule has 0 spiro atoms. The number of carbonyl (C=O) groups excluding carboxylic acids is 2. The second kappa shape index (κ2) is 5.84. The number of carbonyl (C=O) groups is 2. The number of nitrogens with zero attached hydrogens (tertiary/aromatic N) is 1. The van der Waals surface area contributed by atoms with Crippen LogP contribution in [0.25, 0.3) is 0 Å². The van der Waals surface area contributed by atoms with Gasteiger partial charge in [-0.15, -0.1) is 0 Å². The quantitative estimate of drug-likeness (QED) is 0.805. The number of rotatable bonds is 2. The summed E-state index contributed by atoms with van der Waals surface area (Å²) < 4.78 is 0. The summed E-state index contributed by atoms with van der Waals surface area (Å²) in [6.45, 7) is 0.276. The molecule has 3 aliphatic heterocycles. The Kier molecular flexibility index (Phi) is 3.84. The van der Waals surface area contributed by atoms with Gasteiger partial charge < -0.3 is 15.5 Å². The van der Waals surface area contributed by atoms with Crippen molar-refractivity contribution in [2.24, 2.45) is 5.92 Å². The zero-order valence-electron chi connectivity index (χ0n) is 13.2. The Morgan fingerprint density at radius 1 is 1.09 bits per heavy atom. The molecule has 2 bridgehead atoms. The third-order valence-electron chi connectivity index (χ3n) is 6.14. The van der Waals surface area contributed by atoms with Gasteiger partial charge in [-0.05, 0) is 44.4 Å². The third-order valence-corrected chi connectivity index (χ3v) is 6.14. The second-order valence-corrected chi connectivity index (χ2v) is 7.73. The lowest BCUT2D eigenvalue weighted by molar-refractivity contribution is -0.145. The van der Waals surface area contributed by atoms with Crippen LogP contribution in [0.4, 0.5) is 0 Å². The van der Waals surface area contributed by atoms with E-state index in [4.69, 9.17) is 0 Å². The van der Waals surface area contributed by atoms with Crippen LogP contribution >= 0.6 is 0 Å². The summed E-state index contributed by atoms with van der Waals surface area (Å²) in [5, 5.41) is 6.72. The van der Waals surface area contributed by atoms with Crippen LogP contribution in [0, 0.1) is 5.92 Å². The van der Waals surface area contributed by atoms with Gasteiger partial charge in [0.25, 0.3) is 0 Å². The molecule has 4 rings (SSSR count). The number of hydrogen-bond donors (Lipinski definition) is 2. The third kappa shape index (κ3) is 2.75. The molecule has 0 aromatic rings. The molecule has 1 saturated carbocycles. The molecular formula is C17H27N3O2. The van der Waals surface area contributed by atoms with E-state index in [9.17, 15) is 9.59 Å². The van der Waals surface area contributed by atoms with Crippen molar-refractivity contribution < 1.29 is 9.59 Å².